The predicted octanol–water partition coefficient (Wildman–Crippen LogP) is 2.07. The van der Waals surface area contributed by atoms with Crippen molar-refractivity contribution in [2.45, 2.75) is 19.8 Å². The van der Waals surface area contributed by atoms with Gasteiger partial charge in [0.05, 0.1) is 12.5 Å². The van der Waals surface area contributed by atoms with Crippen LogP contribution in [0.1, 0.15) is 25.3 Å². The van der Waals surface area contributed by atoms with Crippen LogP contribution in [0.3, 0.4) is 0 Å². The molecule has 1 aromatic rings. The minimum Gasteiger partial charge on any atom is -0.506 e. The normalized spacial score (nSPS) is 18.5. The van der Waals surface area contributed by atoms with Gasteiger partial charge in [0.25, 0.3) is 0 Å². The number of rotatable bonds is 3. The molecule has 21 heavy (non-hydrogen) atoms. The summed E-state index contributed by atoms with van der Waals surface area (Å²) in [5.41, 5.74) is 0.186. The lowest BCUT2D eigenvalue weighted by Gasteiger charge is -2.21. The van der Waals surface area contributed by atoms with Crippen molar-refractivity contribution in [1.82, 2.24) is 0 Å². The van der Waals surface area contributed by atoms with E-state index in [1.165, 1.54) is 0 Å². The maximum Gasteiger partial charge on any atom is 0.309 e. The molecular formula is C16H16O5. The second kappa shape index (κ2) is 6.35. The van der Waals surface area contributed by atoms with Gasteiger partial charge in [-0.05, 0) is 6.92 Å². The van der Waals surface area contributed by atoms with E-state index in [4.69, 9.17) is 4.74 Å². The smallest absolute Gasteiger partial charge is 0.309 e. The standard InChI is InChI=1S/C16H16O5/c1-2-21-16(20)11-8-12(17)14(13(18)9-11)15(19)10-6-4-3-5-7-10/h3-7,11,19H,2,8-9H2,1H3. The first-order valence-electron chi connectivity index (χ1n) is 6.76. The highest BCUT2D eigenvalue weighted by Gasteiger charge is 2.37. The zero-order valence-electron chi connectivity index (χ0n) is 11.7. The van der Waals surface area contributed by atoms with Gasteiger partial charge >= 0.3 is 5.97 Å². The van der Waals surface area contributed by atoms with Crippen molar-refractivity contribution >= 4 is 23.3 Å². The highest BCUT2D eigenvalue weighted by atomic mass is 16.5. The Balaban J connectivity index is 2.27. The summed E-state index contributed by atoms with van der Waals surface area (Å²) in [6.45, 7) is 1.87. The van der Waals surface area contributed by atoms with Crippen LogP contribution in [-0.2, 0) is 19.1 Å². The Morgan fingerprint density at radius 2 is 1.76 bits per heavy atom. The fraction of sp³-hybridized carbons (Fsp3) is 0.312. The largest absolute Gasteiger partial charge is 0.506 e. The second-order valence-corrected chi connectivity index (χ2v) is 4.79. The summed E-state index contributed by atoms with van der Waals surface area (Å²) in [6, 6.07) is 8.39. The molecule has 0 aliphatic heterocycles. The molecule has 2 rings (SSSR count). The summed E-state index contributed by atoms with van der Waals surface area (Å²) in [5.74, 6) is -2.67. The molecule has 0 amide bonds. The van der Waals surface area contributed by atoms with Gasteiger partial charge in [-0.15, -0.1) is 0 Å². The van der Waals surface area contributed by atoms with Gasteiger partial charge in [-0.3, -0.25) is 14.4 Å². The van der Waals surface area contributed by atoms with E-state index in [-0.39, 0.29) is 30.8 Å². The molecule has 0 radical (unpaired) electrons. The summed E-state index contributed by atoms with van der Waals surface area (Å²) in [7, 11) is 0. The molecule has 1 aromatic carbocycles. The number of hydrogen-bond donors (Lipinski definition) is 1. The molecule has 0 bridgehead atoms. The number of aliphatic hydroxyl groups is 1. The van der Waals surface area contributed by atoms with Crippen LogP contribution in [0, 0.1) is 5.92 Å². The topological polar surface area (TPSA) is 80.7 Å². The SMILES string of the molecule is CCOC(=O)C1CC(=O)C(=C(O)c2ccccc2)C(=O)C1. The third-order valence-corrected chi connectivity index (χ3v) is 3.33. The van der Waals surface area contributed by atoms with Crippen molar-refractivity contribution in [1.29, 1.82) is 0 Å². The number of esters is 1. The lowest BCUT2D eigenvalue weighted by Crippen LogP contribution is -2.32. The molecule has 0 atom stereocenters. The average molecular weight is 288 g/mol. The van der Waals surface area contributed by atoms with E-state index in [2.05, 4.69) is 0 Å². The number of allylic oxidation sites excluding steroid dienone is 1. The molecule has 0 unspecified atom stereocenters. The fourth-order valence-electron chi connectivity index (χ4n) is 2.31. The van der Waals surface area contributed by atoms with Gasteiger partial charge in [-0.25, -0.2) is 0 Å². The zero-order valence-corrected chi connectivity index (χ0v) is 11.7. The van der Waals surface area contributed by atoms with Crippen LogP contribution in [0.5, 0.6) is 0 Å². The molecule has 110 valence electrons. The molecule has 1 saturated carbocycles. The van der Waals surface area contributed by atoms with E-state index < -0.39 is 23.5 Å². The van der Waals surface area contributed by atoms with Crippen molar-refractivity contribution < 1.29 is 24.2 Å². The van der Waals surface area contributed by atoms with Crippen molar-refractivity contribution in [3.8, 4) is 0 Å². The molecule has 0 saturated heterocycles. The summed E-state index contributed by atoms with van der Waals surface area (Å²) in [4.78, 5) is 35.8. The van der Waals surface area contributed by atoms with Crippen molar-refractivity contribution in [2.75, 3.05) is 6.61 Å². The first-order valence-corrected chi connectivity index (χ1v) is 6.76. The van der Waals surface area contributed by atoms with Gasteiger partial charge < -0.3 is 9.84 Å². The molecule has 5 nitrogen and oxygen atoms in total. The summed E-state index contributed by atoms with van der Waals surface area (Å²) in [6.07, 6.45) is -0.229. The first kappa shape index (κ1) is 15.0. The number of Topliss-reactive ketones (excluding diaryl/α,β-unsaturated/α-hetero) is 2. The average Bonchev–Trinajstić information content (AvgIpc) is 2.47. The van der Waals surface area contributed by atoms with Crippen molar-refractivity contribution in [3.63, 3.8) is 0 Å². The molecule has 0 aromatic heterocycles. The Bertz CT molecular complexity index is 580. The van der Waals surface area contributed by atoms with E-state index in [9.17, 15) is 19.5 Å². The number of ketones is 2. The van der Waals surface area contributed by atoms with Crippen LogP contribution < -0.4 is 0 Å². The van der Waals surface area contributed by atoms with Gasteiger partial charge in [-0.2, -0.15) is 0 Å². The molecule has 1 N–H and O–H groups in total. The van der Waals surface area contributed by atoms with Crippen molar-refractivity contribution in [2.24, 2.45) is 5.92 Å². The van der Waals surface area contributed by atoms with E-state index in [0.717, 1.165) is 0 Å². The van der Waals surface area contributed by atoms with Crippen LogP contribution >= 0.6 is 0 Å². The Morgan fingerprint density at radius 3 is 2.29 bits per heavy atom. The lowest BCUT2D eigenvalue weighted by atomic mass is 9.82. The zero-order chi connectivity index (χ0) is 15.4. The third kappa shape index (κ3) is 3.18. The number of aliphatic hydroxyl groups excluding tert-OH is 1. The van der Waals surface area contributed by atoms with Crippen LogP contribution in [0.2, 0.25) is 0 Å². The van der Waals surface area contributed by atoms with Crippen molar-refractivity contribution in [3.05, 3.63) is 41.5 Å². The highest BCUT2D eigenvalue weighted by Crippen LogP contribution is 2.28. The highest BCUT2D eigenvalue weighted by molar-refractivity contribution is 6.27. The summed E-state index contributed by atoms with van der Waals surface area (Å²) >= 11 is 0. The molecule has 0 spiro atoms. The number of hydrogen-bond acceptors (Lipinski definition) is 5. The van der Waals surface area contributed by atoms with Crippen LogP contribution in [0.15, 0.2) is 35.9 Å². The number of ether oxygens (including phenoxy) is 1. The molecule has 1 aliphatic rings. The maximum atomic E-state index is 12.1. The Morgan fingerprint density at radius 1 is 1.19 bits per heavy atom. The molecule has 1 aliphatic carbocycles. The van der Waals surface area contributed by atoms with Gasteiger partial charge in [0.15, 0.2) is 11.6 Å². The van der Waals surface area contributed by atoms with E-state index in [1.807, 2.05) is 0 Å². The van der Waals surface area contributed by atoms with Gasteiger partial charge in [-0.1, -0.05) is 30.3 Å². The van der Waals surface area contributed by atoms with E-state index in [0.29, 0.717) is 5.56 Å². The quantitative estimate of drug-likeness (QED) is 0.398. The minimum absolute atomic E-state index is 0.114. The number of carbonyl (C=O) groups excluding carboxylic acids is 3. The Labute approximate surface area is 122 Å². The summed E-state index contributed by atoms with van der Waals surface area (Å²) < 4.78 is 4.84. The molecular weight excluding hydrogens is 272 g/mol. The number of benzene rings is 1. The molecule has 0 heterocycles. The van der Waals surface area contributed by atoms with Gasteiger partial charge in [0.1, 0.15) is 11.3 Å². The summed E-state index contributed by atoms with van der Waals surface area (Å²) in [5, 5.41) is 10.1. The fourth-order valence-corrected chi connectivity index (χ4v) is 2.31. The third-order valence-electron chi connectivity index (χ3n) is 3.33. The Kier molecular flexibility index (Phi) is 4.52. The first-order chi connectivity index (χ1) is 10.0. The molecule has 1 fully saturated rings. The monoisotopic (exact) mass is 288 g/mol. The second-order valence-electron chi connectivity index (χ2n) is 4.79. The van der Waals surface area contributed by atoms with Crippen LogP contribution in [-0.4, -0.2) is 29.2 Å². The maximum absolute atomic E-state index is 12.1. The van der Waals surface area contributed by atoms with Crippen LogP contribution in [0.4, 0.5) is 0 Å². The van der Waals surface area contributed by atoms with E-state index >= 15 is 0 Å². The number of carbonyl (C=O) groups is 3. The Hall–Kier alpha value is -2.43. The minimum atomic E-state index is -0.753. The van der Waals surface area contributed by atoms with Crippen LogP contribution in [0.25, 0.3) is 5.76 Å². The molecule has 5 heteroatoms. The van der Waals surface area contributed by atoms with E-state index in [1.54, 1.807) is 37.3 Å². The van der Waals surface area contributed by atoms with Gasteiger partial charge in [0.2, 0.25) is 0 Å². The van der Waals surface area contributed by atoms with Gasteiger partial charge in [0, 0.05) is 18.4 Å². The lowest BCUT2D eigenvalue weighted by molar-refractivity contribution is -0.151. The predicted molar refractivity (Wildman–Crippen MR) is 75.4 cm³/mol.